The molecule has 0 fully saturated rings. The summed E-state index contributed by atoms with van der Waals surface area (Å²) in [7, 11) is 0. The minimum atomic E-state index is 0.563. The standard InChI is InChI=1S/C63H38N4O2/c1-4-16-39(17-5-1)41-30-32-43(33-31-41)62-64-61(42-20-8-3-9-21-42)65-63(66-62)49-26-15-29-55-57(49)47-24-14-25-48(60(47)69-55)58-53(36-37-56-59(58)46-23-11-13-28-54(46)68-56)67-51-27-12-10-22-45(51)50-38-44(34-35-52(50)67)40-18-6-2-7-19-40/h1-38H. The first kappa shape index (κ1) is 38.8. The molecule has 0 N–H and O–H groups in total. The van der Waals surface area contributed by atoms with Crippen LogP contribution in [0.3, 0.4) is 0 Å². The minimum absolute atomic E-state index is 0.563. The van der Waals surface area contributed by atoms with Crippen molar-refractivity contribution < 1.29 is 8.83 Å². The Hall–Kier alpha value is -9.39. The molecule has 0 aliphatic rings. The molecule has 4 aromatic heterocycles. The van der Waals surface area contributed by atoms with Crippen molar-refractivity contribution in [2.24, 2.45) is 0 Å². The van der Waals surface area contributed by atoms with Gasteiger partial charge in [-0.1, -0.05) is 188 Å². The number of furan rings is 2. The third-order valence-corrected chi connectivity index (χ3v) is 13.5. The zero-order valence-electron chi connectivity index (χ0n) is 37.0. The molecule has 0 atom stereocenters. The summed E-state index contributed by atoms with van der Waals surface area (Å²) in [5.41, 5.74) is 15.6. The number of rotatable bonds is 7. The Kier molecular flexibility index (Phi) is 8.79. The highest BCUT2D eigenvalue weighted by Crippen LogP contribution is 2.48. The lowest BCUT2D eigenvalue weighted by Crippen LogP contribution is -2.00. The number of benzene rings is 10. The molecule has 0 bridgehead atoms. The van der Waals surface area contributed by atoms with Crippen LogP contribution in [0.5, 0.6) is 0 Å². The van der Waals surface area contributed by atoms with E-state index < -0.39 is 0 Å². The van der Waals surface area contributed by atoms with Crippen LogP contribution in [-0.4, -0.2) is 19.5 Å². The van der Waals surface area contributed by atoms with Gasteiger partial charge in [-0.05, 0) is 64.7 Å². The van der Waals surface area contributed by atoms with E-state index in [0.717, 1.165) is 99.5 Å². The topological polar surface area (TPSA) is 69.9 Å². The third-order valence-electron chi connectivity index (χ3n) is 13.5. The van der Waals surface area contributed by atoms with Gasteiger partial charge in [0.1, 0.15) is 22.3 Å². The Balaban J connectivity index is 1.01. The van der Waals surface area contributed by atoms with Crippen LogP contribution >= 0.6 is 0 Å². The third kappa shape index (κ3) is 6.30. The molecule has 69 heavy (non-hydrogen) atoms. The predicted molar refractivity (Wildman–Crippen MR) is 281 cm³/mol. The van der Waals surface area contributed by atoms with E-state index in [-0.39, 0.29) is 0 Å². The lowest BCUT2D eigenvalue weighted by Gasteiger charge is -2.16. The van der Waals surface area contributed by atoms with Crippen LogP contribution in [0.1, 0.15) is 0 Å². The average molecular weight is 883 g/mol. The number of nitrogens with zero attached hydrogens (tertiary/aromatic N) is 4. The van der Waals surface area contributed by atoms with E-state index in [9.17, 15) is 0 Å². The first-order valence-corrected chi connectivity index (χ1v) is 23.2. The van der Waals surface area contributed by atoms with E-state index in [1.54, 1.807) is 0 Å². The highest BCUT2D eigenvalue weighted by atomic mass is 16.3. The average Bonchev–Trinajstić information content (AvgIpc) is 4.11. The Morgan fingerprint density at radius 2 is 0.826 bits per heavy atom. The highest BCUT2D eigenvalue weighted by molar-refractivity contribution is 6.21. The summed E-state index contributed by atoms with van der Waals surface area (Å²) in [4.78, 5) is 15.5. The van der Waals surface area contributed by atoms with Gasteiger partial charge in [-0.3, -0.25) is 0 Å². The summed E-state index contributed by atoms with van der Waals surface area (Å²) >= 11 is 0. The minimum Gasteiger partial charge on any atom is -0.456 e. The van der Waals surface area contributed by atoms with Crippen LogP contribution in [0.2, 0.25) is 0 Å². The van der Waals surface area contributed by atoms with Gasteiger partial charge in [-0.25, -0.2) is 15.0 Å². The Morgan fingerprint density at radius 1 is 0.304 bits per heavy atom. The Labute approximate surface area is 396 Å². The molecule has 0 aliphatic carbocycles. The van der Waals surface area contributed by atoms with Gasteiger partial charge in [-0.15, -0.1) is 0 Å². The maximum atomic E-state index is 7.12. The fourth-order valence-corrected chi connectivity index (χ4v) is 10.3. The van der Waals surface area contributed by atoms with Gasteiger partial charge in [0.2, 0.25) is 0 Å². The monoisotopic (exact) mass is 882 g/mol. The molecule has 0 aliphatic heterocycles. The first-order valence-electron chi connectivity index (χ1n) is 23.2. The van der Waals surface area contributed by atoms with Crippen LogP contribution in [0.25, 0.3) is 139 Å². The summed E-state index contributed by atoms with van der Waals surface area (Å²) in [6.07, 6.45) is 0. The second-order valence-electron chi connectivity index (χ2n) is 17.5. The number of hydrogen-bond donors (Lipinski definition) is 0. The molecule has 0 saturated carbocycles. The van der Waals surface area contributed by atoms with Gasteiger partial charge in [0, 0.05) is 60.1 Å². The lowest BCUT2D eigenvalue weighted by molar-refractivity contribution is 0.668. The fraction of sp³-hybridized carbons (Fsp3) is 0. The van der Waals surface area contributed by atoms with Crippen LogP contribution in [0.15, 0.2) is 239 Å². The summed E-state index contributed by atoms with van der Waals surface area (Å²) in [6.45, 7) is 0. The van der Waals surface area contributed by atoms with Gasteiger partial charge < -0.3 is 13.4 Å². The summed E-state index contributed by atoms with van der Waals surface area (Å²) in [5, 5.41) is 6.31. The molecule has 322 valence electrons. The van der Waals surface area contributed by atoms with Crippen molar-refractivity contribution in [3.05, 3.63) is 231 Å². The van der Waals surface area contributed by atoms with Crippen LogP contribution in [-0.2, 0) is 0 Å². The second-order valence-corrected chi connectivity index (χ2v) is 17.5. The maximum absolute atomic E-state index is 7.12. The number of hydrogen-bond acceptors (Lipinski definition) is 5. The second kappa shape index (κ2) is 15.6. The summed E-state index contributed by atoms with van der Waals surface area (Å²) in [5.74, 6) is 1.75. The van der Waals surface area contributed by atoms with Gasteiger partial charge in [0.25, 0.3) is 0 Å². The van der Waals surface area contributed by atoms with Crippen molar-refractivity contribution in [2.75, 3.05) is 0 Å². The van der Waals surface area contributed by atoms with E-state index in [1.165, 1.54) is 21.9 Å². The smallest absolute Gasteiger partial charge is 0.164 e. The van der Waals surface area contributed by atoms with Gasteiger partial charge in [0.05, 0.1) is 16.7 Å². The normalized spacial score (nSPS) is 11.8. The molecule has 14 rings (SSSR count). The lowest BCUT2D eigenvalue weighted by atomic mass is 9.95. The summed E-state index contributed by atoms with van der Waals surface area (Å²) in [6, 6.07) is 80.3. The van der Waals surface area contributed by atoms with Gasteiger partial charge in [0.15, 0.2) is 17.5 Å². The number of aromatic nitrogens is 4. The fourth-order valence-electron chi connectivity index (χ4n) is 10.3. The van der Waals surface area contributed by atoms with Gasteiger partial charge in [-0.2, -0.15) is 0 Å². The molecule has 0 saturated heterocycles. The summed E-state index contributed by atoms with van der Waals surface area (Å²) < 4.78 is 16.2. The van der Waals surface area contributed by atoms with E-state index in [4.69, 9.17) is 23.8 Å². The van der Waals surface area contributed by atoms with Crippen molar-refractivity contribution in [3.63, 3.8) is 0 Å². The van der Waals surface area contributed by atoms with E-state index in [1.807, 2.05) is 60.7 Å². The maximum Gasteiger partial charge on any atom is 0.164 e. The zero-order valence-corrected chi connectivity index (χ0v) is 37.0. The molecule has 14 aromatic rings. The molecule has 0 unspecified atom stereocenters. The van der Waals surface area contributed by atoms with Crippen molar-refractivity contribution >= 4 is 65.7 Å². The van der Waals surface area contributed by atoms with Crippen LogP contribution in [0.4, 0.5) is 0 Å². The highest BCUT2D eigenvalue weighted by Gasteiger charge is 2.25. The molecule has 0 spiro atoms. The van der Waals surface area contributed by atoms with E-state index in [0.29, 0.717) is 17.5 Å². The van der Waals surface area contributed by atoms with E-state index >= 15 is 0 Å². The first-order chi connectivity index (χ1) is 34.2. The Bertz CT molecular complexity index is 4290. The predicted octanol–water partition coefficient (Wildman–Crippen LogP) is 16.8. The van der Waals surface area contributed by atoms with Crippen molar-refractivity contribution in [3.8, 4) is 73.2 Å². The van der Waals surface area contributed by atoms with Crippen molar-refractivity contribution in [2.45, 2.75) is 0 Å². The van der Waals surface area contributed by atoms with Crippen LogP contribution < -0.4 is 0 Å². The molecular formula is C63H38N4O2. The largest absolute Gasteiger partial charge is 0.456 e. The molecule has 0 radical (unpaired) electrons. The Morgan fingerprint density at radius 3 is 1.59 bits per heavy atom. The molecule has 6 heteroatoms. The molecule has 6 nitrogen and oxygen atoms in total. The molecule has 4 heterocycles. The van der Waals surface area contributed by atoms with Gasteiger partial charge >= 0.3 is 0 Å². The molecular weight excluding hydrogens is 845 g/mol. The number of para-hydroxylation sites is 3. The quantitative estimate of drug-likeness (QED) is 0.159. The van der Waals surface area contributed by atoms with E-state index in [2.05, 4.69) is 174 Å². The SMILES string of the molecule is c1ccc(-c2ccc(-c3nc(-c4ccccc4)nc(-c4cccc5oc6c(-c7c(-n8c9ccccc9c9cc(-c%10ccccc%10)ccc98)ccc8oc9ccccc9c78)cccc6c45)n3)cc2)cc1. The van der Waals surface area contributed by atoms with Crippen molar-refractivity contribution in [1.29, 1.82) is 0 Å². The molecule has 10 aromatic carbocycles. The molecule has 0 amide bonds. The van der Waals surface area contributed by atoms with Crippen LogP contribution in [0, 0.1) is 0 Å². The zero-order chi connectivity index (χ0) is 45.4. The van der Waals surface area contributed by atoms with Crippen molar-refractivity contribution in [1.82, 2.24) is 19.5 Å². The number of fused-ring (bicyclic) bond motifs is 9.